The Labute approximate surface area is 233 Å². The highest BCUT2D eigenvalue weighted by Crippen LogP contribution is 2.41. The standard InChI is InChI=1S/C29H41F5O2Si3/c1-37(2,3)15-10-13-35-22-19-21(24-25(30)27(32)29(34)28(33)26(24)31)23(36-14-11-16-38(4,5)6)18-20(22)12-17-39(7,8)9/h18-19H,10-11,13-16H2,1-9H3. The number of ether oxygens (including phenoxy) is 2. The fourth-order valence-corrected chi connectivity index (χ4v) is 6.68. The van der Waals surface area contributed by atoms with E-state index in [9.17, 15) is 22.0 Å². The Kier molecular flexibility index (Phi) is 11.1. The molecule has 0 aliphatic heterocycles. The zero-order valence-corrected chi connectivity index (χ0v) is 27.6. The van der Waals surface area contributed by atoms with E-state index < -0.39 is 58.9 Å². The van der Waals surface area contributed by atoms with E-state index in [1.807, 2.05) is 0 Å². The second-order valence-electron chi connectivity index (χ2n) is 13.3. The summed E-state index contributed by atoms with van der Waals surface area (Å²) in [5.41, 5.74) is 2.43. The minimum atomic E-state index is -2.20. The van der Waals surface area contributed by atoms with Crippen LogP contribution in [0.3, 0.4) is 0 Å². The average Bonchev–Trinajstić information content (AvgIpc) is 2.80. The van der Waals surface area contributed by atoms with Gasteiger partial charge in [-0.05, 0) is 18.9 Å². The normalized spacial score (nSPS) is 12.3. The van der Waals surface area contributed by atoms with Crippen LogP contribution in [0.2, 0.25) is 71.0 Å². The summed E-state index contributed by atoms with van der Waals surface area (Å²) in [6, 6.07) is 4.76. The van der Waals surface area contributed by atoms with Gasteiger partial charge < -0.3 is 9.47 Å². The second-order valence-corrected chi connectivity index (χ2v) is 29.3. The van der Waals surface area contributed by atoms with Gasteiger partial charge in [-0.1, -0.05) is 76.9 Å². The number of hydrogen-bond donors (Lipinski definition) is 0. The Balaban J connectivity index is 2.69. The number of benzene rings is 2. The summed E-state index contributed by atoms with van der Waals surface area (Å²) in [4.78, 5) is 0. The Morgan fingerprint density at radius 2 is 1.05 bits per heavy atom. The van der Waals surface area contributed by atoms with Crippen molar-refractivity contribution >= 4 is 24.2 Å². The van der Waals surface area contributed by atoms with Gasteiger partial charge in [-0.25, -0.2) is 22.0 Å². The van der Waals surface area contributed by atoms with Crippen molar-refractivity contribution in [1.29, 1.82) is 0 Å². The predicted molar refractivity (Wildman–Crippen MR) is 158 cm³/mol. The molecule has 0 fully saturated rings. The monoisotopic (exact) mass is 600 g/mol. The molecule has 0 spiro atoms. The lowest BCUT2D eigenvalue weighted by molar-refractivity contribution is 0.308. The van der Waals surface area contributed by atoms with Gasteiger partial charge in [0, 0.05) is 27.8 Å². The van der Waals surface area contributed by atoms with Crippen molar-refractivity contribution in [2.75, 3.05) is 13.2 Å². The largest absolute Gasteiger partial charge is 0.493 e. The van der Waals surface area contributed by atoms with Gasteiger partial charge in [0.1, 0.15) is 19.6 Å². The van der Waals surface area contributed by atoms with Crippen molar-refractivity contribution in [3.63, 3.8) is 0 Å². The third kappa shape index (κ3) is 10.1. The third-order valence-corrected chi connectivity index (χ3v) is 10.4. The van der Waals surface area contributed by atoms with Gasteiger partial charge in [0.05, 0.1) is 24.3 Å². The van der Waals surface area contributed by atoms with E-state index in [0.717, 1.165) is 18.5 Å². The highest BCUT2D eigenvalue weighted by atomic mass is 28.3. The third-order valence-electron chi connectivity index (χ3n) is 5.79. The lowest BCUT2D eigenvalue weighted by atomic mass is 9.99. The van der Waals surface area contributed by atoms with Crippen molar-refractivity contribution in [2.24, 2.45) is 0 Å². The quantitative estimate of drug-likeness (QED) is 0.0639. The van der Waals surface area contributed by atoms with Crippen LogP contribution >= 0.6 is 0 Å². The van der Waals surface area contributed by atoms with E-state index in [0.29, 0.717) is 18.6 Å². The molecule has 0 aliphatic rings. The average molecular weight is 601 g/mol. The molecule has 39 heavy (non-hydrogen) atoms. The molecule has 0 unspecified atom stereocenters. The molecule has 0 aliphatic carbocycles. The van der Waals surface area contributed by atoms with Crippen molar-refractivity contribution in [3.8, 4) is 34.1 Å². The Morgan fingerprint density at radius 1 is 0.615 bits per heavy atom. The SMILES string of the molecule is C[Si](C)(C)C#Cc1cc(OCCC[Si](C)(C)C)c(-c2c(F)c(F)c(F)c(F)c2F)cc1OCCC[Si](C)(C)C. The summed E-state index contributed by atoms with van der Waals surface area (Å²) in [5.74, 6) is -6.68. The molecule has 0 heterocycles. The maximum atomic E-state index is 15.0. The van der Waals surface area contributed by atoms with Crippen molar-refractivity contribution < 1.29 is 31.4 Å². The lowest BCUT2D eigenvalue weighted by Gasteiger charge is -2.20. The molecule has 0 bridgehead atoms. The van der Waals surface area contributed by atoms with Crippen LogP contribution in [0, 0.1) is 40.6 Å². The van der Waals surface area contributed by atoms with E-state index in [-0.39, 0.29) is 23.7 Å². The molecule has 0 radical (unpaired) electrons. The Hall–Kier alpha value is -2.10. The van der Waals surface area contributed by atoms with Gasteiger partial charge in [0.15, 0.2) is 23.3 Å². The molecule has 0 amide bonds. The second kappa shape index (κ2) is 13.0. The van der Waals surface area contributed by atoms with Crippen LogP contribution in [0.5, 0.6) is 11.5 Å². The zero-order valence-electron chi connectivity index (χ0n) is 24.6. The molecule has 2 nitrogen and oxygen atoms in total. The molecular formula is C29H41F5O2Si3. The van der Waals surface area contributed by atoms with Gasteiger partial charge in [0.2, 0.25) is 5.82 Å². The van der Waals surface area contributed by atoms with Crippen LogP contribution in [-0.2, 0) is 0 Å². The minimum absolute atomic E-state index is 0.00288. The molecule has 10 heteroatoms. The van der Waals surface area contributed by atoms with Gasteiger partial charge in [-0.3, -0.25) is 0 Å². The Morgan fingerprint density at radius 3 is 1.49 bits per heavy atom. The zero-order chi connectivity index (χ0) is 29.8. The molecule has 0 N–H and O–H groups in total. The van der Waals surface area contributed by atoms with E-state index in [1.54, 1.807) is 0 Å². The van der Waals surface area contributed by atoms with Crippen LogP contribution in [0.4, 0.5) is 22.0 Å². The maximum absolute atomic E-state index is 15.0. The van der Waals surface area contributed by atoms with Crippen LogP contribution in [0.1, 0.15) is 18.4 Å². The minimum Gasteiger partial charge on any atom is -0.493 e. The van der Waals surface area contributed by atoms with Crippen LogP contribution in [-0.4, -0.2) is 37.4 Å². The first-order valence-corrected chi connectivity index (χ1v) is 24.2. The van der Waals surface area contributed by atoms with Crippen LogP contribution < -0.4 is 9.47 Å². The van der Waals surface area contributed by atoms with Gasteiger partial charge >= 0.3 is 0 Å². The molecular weight excluding hydrogens is 560 g/mol. The first-order chi connectivity index (χ1) is 17.8. The summed E-state index contributed by atoms with van der Waals surface area (Å²) in [5, 5.41) is 0. The summed E-state index contributed by atoms with van der Waals surface area (Å²) in [7, 11) is -4.52. The van der Waals surface area contributed by atoms with Gasteiger partial charge in [-0.2, -0.15) is 0 Å². The smallest absolute Gasteiger partial charge is 0.200 e. The number of hydrogen-bond acceptors (Lipinski definition) is 2. The molecule has 2 aromatic rings. The van der Waals surface area contributed by atoms with E-state index in [4.69, 9.17) is 9.47 Å². The molecule has 2 rings (SSSR count). The molecule has 0 saturated carbocycles. The first-order valence-electron chi connectivity index (χ1n) is 13.3. The first kappa shape index (κ1) is 33.1. The van der Waals surface area contributed by atoms with Gasteiger partial charge in [0.25, 0.3) is 0 Å². The van der Waals surface area contributed by atoms with Gasteiger partial charge in [-0.15, -0.1) is 5.54 Å². The molecule has 0 aromatic heterocycles. The van der Waals surface area contributed by atoms with E-state index in [1.165, 1.54) is 12.1 Å². The fraction of sp³-hybridized carbons (Fsp3) is 0.517. The molecule has 0 saturated heterocycles. The maximum Gasteiger partial charge on any atom is 0.200 e. The number of halogens is 5. The predicted octanol–water partition coefficient (Wildman–Crippen LogP) is 9.49. The lowest BCUT2D eigenvalue weighted by Crippen LogP contribution is -2.20. The topological polar surface area (TPSA) is 18.5 Å². The molecule has 2 aromatic carbocycles. The van der Waals surface area contributed by atoms with Crippen LogP contribution in [0.15, 0.2) is 12.1 Å². The van der Waals surface area contributed by atoms with Crippen LogP contribution in [0.25, 0.3) is 11.1 Å². The highest BCUT2D eigenvalue weighted by Gasteiger charge is 2.29. The summed E-state index contributed by atoms with van der Waals surface area (Å²) < 4.78 is 84.1. The summed E-state index contributed by atoms with van der Waals surface area (Å²) in [6.45, 7) is 20.2. The molecule has 216 valence electrons. The van der Waals surface area contributed by atoms with E-state index in [2.05, 4.69) is 70.4 Å². The van der Waals surface area contributed by atoms with E-state index >= 15 is 0 Å². The summed E-state index contributed by atoms with van der Waals surface area (Å²) in [6.07, 6.45) is 1.46. The summed E-state index contributed by atoms with van der Waals surface area (Å²) >= 11 is 0. The van der Waals surface area contributed by atoms with Crippen molar-refractivity contribution in [3.05, 3.63) is 46.8 Å². The Bertz CT molecular complexity index is 1200. The van der Waals surface area contributed by atoms with Crippen molar-refractivity contribution in [2.45, 2.75) is 83.9 Å². The number of rotatable bonds is 11. The van der Waals surface area contributed by atoms with Crippen molar-refractivity contribution in [1.82, 2.24) is 0 Å². The fourth-order valence-electron chi connectivity index (χ4n) is 3.76. The highest BCUT2D eigenvalue weighted by molar-refractivity contribution is 6.83. The molecule has 0 atom stereocenters.